The number of benzene rings is 1. The average molecular weight is 240 g/mol. The van der Waals surface area contributed by atoms with E-state index < -0.39 is 0 Å². The molecule has 1 N–H and O–H groups in total. The Balaban J connectivity index is 2.67. The monoisotopic (exact) mass is 239 g/mol. The predicted molar refractivity (Wildman–Crippen MR) is 67.4 cm³/mol. The number of methoxy groups -OCH3 is 1. The fraction of sp³-hybridized carbons (Fsp3) is 0.538. The fourth-order valence-electron chi connectivity index (χ4n) is 2.74. The molecule has 0 aliphatic heterocycles. The van der Waals surface area contributed by atoms with Crippen molar-refractivity contribution >= 4 is 11.6 Å². The van der Waals surface area contributed by atoms with Crippen molar-refractivity contribution in [1.29, 1.82) is 0 Å². The quantitative estimate of drug-likeness (QED) is 0.855. The molecule has 1 unspecified atom stereocenters. The molecule has 16 heavy (non-hydrogen) atoms. The largest absolute Gasteiger partial charge is 0.496 e. The number of fused-ring (bicyclic) bond motifs is 1. The summed E-state index contributed by atoms with van der Waals surface area (Å²) in [5.74, 6) is 0.946. The molecule has 1 aliphatic rings. The number of hydrogen-bond acceptors (Lipinski definition) is 2. The lowest BCUT2D eigenvalue weighted by molar-refractivity contribution is 0.389. The van der Waals surface area contributed by atoms with Crippen LogP contribution >= 0.6 is 11.6 Å². The molecule has 2 nitrogen and oxygen atoms in total. The SMILES string of the molecule is CNC1CC(C)(C)c2c(OC)ccc(Cl)c21. The van der Waals surface area contributed by atoms with Crippen LogP contribution in [0.2, 0.25) is 5.02 Å². The average Bonchev–Trinajstić information content (AvgIpc) is 2.53. The van der Waals surface area contributed by atoms with Crippen LogP contribution in [0, 0.1) is 0 Å². The van der Waals surface area contributed by atoms with Gasteiger partial charge in [0.25, 0.3) is 0 Å². The number of halogens is 1. The van der Waals surface area contributed by atoms with Crippen LogP contribution in [0.25, 0.3) is 0 Å². The molecule has 1 atom stereocenters. The summed E-state index contributed by atoms with van der Waals surface area (Å²) in [6.07, 6.45) is 1.05. The van der Waals surface area contributed by atoms with Crippen molar-refractivity contribution in [1.82, 2.24) is 5.32 Å². The normalized spacial score (nSPS) is 21.9. The maximum absolute atomic E-state index is 6.30. The maximum atomic E-state index is 6.30. The van der Waals surface area contributed by atoms with E-state index in [0.29, 0.717) is 6.04 Å². The van der Waals surface area contributed by atoms with Gasteiger partial charge in [-0.05, 0) is 36.6 Å². The Morgan fingerprint density at radius 3 is 2.69 bits per heavy atom. The predicted octanol–water partition coefficient (Wildman–Crippen LogP) is 3.29. The van der Waals surface area contributed by atoms with E-state index in [1.165, 1.54) is 11.1 Å². The second-order valence-corrected chi connectivity index (χ2v) is 5.37. The van der Waals surface area contributed by atoms with Gasteiger partial charge >= 0.3 is 0 Å². The van der Waals surface area contributed by atoms with Crippen molar-refractivity contribution in [2.75, 3.05) is 14.2 Å². The first-order valence-electron chi connectivity index (χ1n) is 5.55. The Morgan fingerprint density at radius 1 is 1.44 bits per heavy atom. The molecule has 0 heterocycles. The molecule has 3 heteroatoms. The third-order valence-electron chi connectivity index (χ3n) is 3.46. The molecule has 1 aromatic carbocycles. The molecule has 2 rings (SSSR count). The van der Waals surface area contributed by atoms with Crippen molar-refractivity contribution in [2.45, 2.75) is 31.7 Å². The summed E-state index contributed by atoms with van der Waals surface area (Å²) in [6.45, 7) is 4.48. The van der Waals surface area contributed by atoms with Gasteiger partial charge in [0.15, 0.2) is 0 Å². The Kier molecular flexibility index (Phi) is 2.89. The molecule has 0 amide bonds. The summed E-state index contributed by atoms with van der Waals surface area (Å²) in [6, 6.07) is 4.21. The topological polar surface area (TPSA) is 21.3 Å². The second kappa shape index (κ2) is 3.94. The lowest BCUT2D eigenvalue weighted by Crippen LogP contribution is -2.17. The van der Waals surface area contributed by atoms with Gasteiger partial charge in [-0.15, -0.1) is 0 Å². The van der Waals surface area contributed by atoms with Gasteiger partial charge in [0.05, 0.1) is 7.11 Å². The maximum Gasteiger partial charge on any atom is 0.123 e. The number of hydrogen-bond donors (Lipinski definition) is 1. The summed E-state index contributed by atoms with van der Waals surface area (Å²) in [4.78, 5) is 0. The van der Waals surface area contributed by atoms with Gasteiger partial charge in [-0.1, -0.05) is 25.4 Å². The van der Waals surface area contributed by atoms with Crippen LogP contribution in [-0.4, -0.2) is 14.2 Å². The Morgan fingerprint density at radius 2 is 2.12 bits per heavy atom. The Hall–Kier alpha value is -0.730. The van der Waals surface area contributed by atoms with Crippen molar-refractivity contribution in [3.63, 3.8) is 0 Å². The lowest BCUT2D eigenvalue weighted by atomic mass is 9.86. The number of rotatable bonds is 2. The van der Waals surface area contributed by atoms with Crippen LogP contribution in [0.5, 0.6) is 5.75 Å². The van der Waals surface area contributed by atoms with Crippen LogP contribution in [-0.2, 0) is 5.41 Å². The molecule has 1 aromatic rings. The van der Waals surface area contributed by atoms with Crippen LogP contribution in [0.15, 0.2) is 12.1 Å². The Labute approximate surface area is 102 Å². The zero-order valence-electron chi connectivity index (χ0n) is 10.2. The first kappa shape index (κ1) is 11.7. The summed E-state index contributed by atoms with van der Waals surface area (Å²) >= 11 is 6.30. The van der Waals surface area contributed by atoms with Crippen LogP contribution < -0.4 is 10.1 Å². The van der Waals surface area contributed by atoms with Crippen molar-refractivity contribution in [3.05, 3.63) is 28.3 Å². The number of ether oxygens (including phenoxy) is 1. The highest BCUT2D eigenvalue weighted by atomic mass is 35.5. The standard InChI is InChI=1S/C13H18ClNO/c1-13(2)7-9(15-3)11-8(14)5-6-10(16-4)12(11)13/h5-6,9,15H,7H2,1-4H3. The number of nitrogens with one attached hydrogen (secondary N) is 1. The Bertz CT molecular complexity index is 415. The first-order chi connectivity index (χ1) is 7.51. The van der Waals surface area contributed by atoms with E-state index in [-0.39, 0.29) is 5.41 Å². The molecule has 0 saturated carbocycles. The second-order valence-electron chi connectivity index (χ2n) is 4.97. The van der Waals surface area contributed by atoms with Gasteiger partial charge in [0, 0.05) is 16.6 Å². The zero-order chi connectivity index (χ0) is 11.9. The van der Waals surface area contributed by atoms with E-state index in [9.17, 15) is 0 Å². The molecule has 0 fully saturated rings. The van der Waals surface area contributed by atoms with Gasteiger partial charge in [0.2, 0.25) is 0 Å². The first-order valence-corrected chi connectivity index (χ1v) is 5.93. The fourth-order valence-corrected chi connectivity index (χ4v) is 3.03. The van der Waals surface area contributed by atoms with E-state index in [1.807, 2.05) is 19.2 Å². The third kappa shape index (κ3) is 1.61. The summed E-state index contributed by atoms with van der Waals surface area (Å²) < 4.78 is 5.45. The van der Waals surface area contributed by atoms with Gasteiger partial charge in [-0.25, -0.2) is 0 Å². The van der Waals surface area contributed by atoms with Gasteiger partial charge in [-0.3, -0.25) is 0 Å². The summed E-state index contributed by atoms with van der Waals surface area (Å²) in [7, 11) is 3.69. The van der Waals surface area contributed by atoms with Gasteiger partial charge in [-0.2, -0.15) is 0 Å². The highest BCUT2D eigenvalue weighted by Crippen LogP contribution is 2.51. The molecule has 0 aromatic heterocycles. The van der Waals surface area contributed by atoms with E-state index in [1.54, 1.807) is 7.11 Å². The lowest BCUT2D eigenvalue weighted by Gasteiger charge is -2.21. The molecule has 0 spiro atoms. The van der Waals surface area contributed by atoms with E-state index in [0.717, 1.165) is 17.2 Å². The molecule has 0 radical (unpaired) electrons. The summed E-state index contributed by atoms with van der Waals surface area (Å²) in [5, 5.41) is 4.16. The minimum Gasteiger partial charge on any atom is -0.496 e. The van der Waals surface area contributed by atoms with Crippen molar-refractivity contribution in [3.8, 4) is 5.75 Å². The molecule has 0 saturated heterocycles. The molecule has 1 aliphatic carbocycles. The third-order valence-corrected chi connectivity index (χ3v) is 3.79. The molecular weight excluding hydrogens is 222 g/mol. The zero-order valence-corrected chi connectivity index (χ0v) is 11.0. The molecule has 88 valence electrons. The van der Waals surface area contributed by atoms with E-state index >= 15 is 0 Å². The molecule has 0 bridgehead atoms. The smallest absolute Gasteiger partial charge is 0.123 e. The highest BCUT2D eigenvalue weighted by molar-refractivity contribution is 6.31. The van der Waals surface area contributed by atoms with Crippen LogP contribution in [0.4, 0.5) is 0 Å². The van der Waals surface area contributed by atoms with Crippen LogP contribution in [0.3, 0.4) is 0 Å². The van der Waals surface area contributed by atoms with Gasteiger partial charge < -0.3 is 10.1 Å². The minimum atomic E-state index is 0.110. The van der Waals surface area contributed by atoms with Crippen LogP contribution in [0.1, 0.15) is 37.4 Å². The van der Waals surface area contributed by atoms with Crippen molar-refractivity contribution in [2.24, 2.45) is 0 Å². The summed E-state index contributed by atoms with van der Waals surface area (Å²) in [5.41, 5.74) is 2.56. The molecular formula is C13H18ClNO. The van der Waals surface area contributed by atoms with Gasteiger partial charge in [0.1, 0.15) is 5.75 Å². The van der Waals surface area contributed by atoms with E-state index in [2.05, 4.69) is 19.2 Å². The van der Waals surface area contributed by atoms with Crippen molar-refractivity contribution < 1.29 is 4.74 Å². The highest BCUT2D eigenvalue weighted by Gasteiger charge is 2.40. The van der Waals surface area contributed by atoms with E-state index in [4.69, 9.17) is 16.3 Å². The minimum absolute atomic E-state index is 0.110.